The average molecular weight is 619 g/mol. The van der Waals surface area contributed by atoms with Crippen molar-refractivity contribution < 1.29 is 19.8 Å². The van der Waals surface area contributed by atoms with Crippen LogP contribution in [0.1, 0.15) is 213 Å². The molecule has 0 fully saturated rings. The van der Waals surface area contributed by atoms with Gasteiger partial charge in [0.15, 0.2) is 0 Å². The molecular weight excluding hydrogens is 544 g/mol. The van der Waals surface area contributed by atoms with E-state index in [1.54, 1.807) is 12.2 Å². The van der Waals surface area contributed by atoms with Crippen LogP contribution >= 0.6 is 0 Å². The molecule has 0 amide bonds. The van der Waals surface area contributed by atoms with Gasteiger partial charge in [-0.1, -0.05) is 205 Å². The molecule has 0 aromatic rings. The Morgan fingerprint density at radius 2 is 0.682 bits per heavy atom. The third-order valence-electron chi connectivity index (χ3n) is 9.12. The van der Waals surface area contributed by atoms with E-state index < -0.39 is 23.8 Å². The van der Waals surface area contributed by atoms with Gasteiger partial charge in [-0.05, 0) is 25.7 Å². The molecule has 0 aliphatic rings. The highest BCUT2D eigenvalue weighted by Gasteiger charge is 2.35. The van der Waals surface area contributed by atoms with Crippen molar-refractivity contribution in [3.63, 3.8) is 0 Å². The maximum absolute atomic E-state index is 12.2. The van der Waals surface area contributed by atoms with Gasteiger partial charge in [0.2, 0.25) is 0 Å². The highest BCUT2D eigenvalue weighted by molar-refractivity contribution is 5.85. The summed E-state index contributed by atoms with van der Waals surface area (Å²) in [6.45, 7) is 4.54. The zero-order valence-electron chi connectivity index (χ0n) is 29.4. The standard InChI is InChI=1S/C40H74O4/c1-3-5-7-9-11-13-15-17-19-21-23-25-27-29-31-33-35-40(39(43)44,37-38(41)42)36-34-32-30-28-26-24-22-20-18-16-14-12-10-8-6-4-2/h33-36H,3-32,37H2,1-2H3,(H,41,42)(H,43,44)/b35-33+,36-34+. The van der Waals surface area contributed by atoms with Crippen LogP contribution in [0, 0.1) is 5.41 Å². The highest BCUT2D eigenvalue weighted by Crippen LogP contribution is 2.28. The molecule has 0 bridgehead atoms. The fraction of sp³-hybridized carbons (Fsp3) is 0.850. The lowest BCUT2D eigenvalue weighted by Crippen LogP contribution is -2.29. The Labute approximate surface area is 274 Å². The minimum Gasteiger partial charge on any atom is -0.481 e. The third kappa shape index (κ3) is 27.9. The van der Waals surface area contributed by atoms with Gasteiger partial charge < -0.3 is 10.2 Å². The Kier molecular flexibility index (Phi) is 31.6. The van der Waals surface area contributed by atoms with Gasteiger partial charge in [-0.2, -0.15) is 0 Å². The van der Waals surface area contributed by atoms with Crippen molar-refractivity contribution in [1.82, 2.24) is 0 Å². The lowest BCUT2D eigenvalue weighted by atomic mass is 9.83. The molecule has 0 heterocycles. The summed E-state index contributed by atoms with van der Waals surface area (Å²) in [4.78, 5) is 23.7. The second-order valence-electron chi connectivity index (χ2n) is 13.5. The van der Waals surface area contributed by atoms with Crippen LogP contribution in [0.5, 0.6) is 0 Å². The van der Waals surface area contributed by atoms with Crippen LogP contribution < -0.4 is 0 Å². The predicted octanol–water partition coefficient (Wildman–Crippen LogP) is 13.4. The minimum atomic E-state index is -1.45. The summed E-state index contributed by atoms with van der Waals surface area (Å²) >= 11 is 0. The molecule has 258 valence electrons. The van der Waals surface area contributed by atoms with Gasteiger partial charge in [-0.3, -0.25) is 9.59 Å². The fourth-order valence-electron chi connectivity index (χ4n) is 6.14. The van der Waals surface area contributed by atoms with E-state index in [-0.39, 0.29) is 0 Å². The second-order valence-corrected chi connectivity index (χ2v) is 13.5. The van der Waals surface area contributed by atoms with Crippen molar-refractivity contribution in [2.75, 3.05) is 0 Å². The van der Waals surface area contributed by atoms with Crippen LogP contribution in [0.25, 0.3) is 0 Å². The molecular formula is C40H74O4. The quantitative estimate of drug-likeness (QED) is 0.0547. The molecule has 4 nitrogen and oxygen atoms in total. The van der Waals surface area contributed by atoms with Crippen molar-refractivity contribution in [1.29, 1.82) is 0 Å². The van der Waals surface area contributed by atoms with E-state index in [4.69, 9.17) is 0 Å². The van der Waals surface area contributed by atoms with E-state index in [2.05, 4.69) is 13.8 Å². The molecule has 0 saturated heterocycles. The second kappa shape index (κ2) is 32.8. The third-order valence-corrected chi connectivity index (χ3v) is 9.12. The van der Waals surface area contributed by atoms with Gasteiger partial charge >= 0.3 is 11.9 Å². The number of unbranched alkanes of at least 4 members (excludes halogenated alkanes) is 28. The fourth-order valence-corrected chi connectivity index (χ4v) is 6.14. The van der Waals surface area contributed by atoms with Crippen LogP contribution in [0.15, 0.2) is 24.3 Å². The van der Waals surface area contributed by atoms with E-state index in [1.807, 2.05) is 12.2 Å². The van der Waals surface area contributed by atoms with Crippen molar-refractivity contribution in [3.05, 3.63) is 24.3 Å². The highest BCUT2D eigenvalue weighted by atomic mass is 16.4. The number of aliphatic carboxylic acids is 2. The monoisotopic (exact) mass is 619 g/mol. The molecule has 0 radical (unpaired) electrons. The number of rotatable bonds is 35. The van der Waals surface area contributed by atoms with Crippen LogP contribution in [0.2, 0.25) is 0 Å². The molecule has 0 aliphatic carbocycles. The number of carboxylic acids is 2. The number of hydrogen-bond acceptors (Lipinski definition) is 2. The Balaban J connectivity index is 4.05. The SMILES string of the molecule is CCCCCCCCCCCCCCCC/C=C/C(/C=C/CCCCCCCCCCCCCCCC)(CC(=O)O)C(=O)O. The Morgan fingerprint density at radius 3 is 0.909 bits per heavy atom. The number of carboxylic acid groups (broad SMARTS) is 2. The van der Waals surface area contributed by atoms with Crippen LogP contribution in [-0.2, 0) is 9.59 Å². The van der Waals surface area contributed by atoms with Crippen molar-refractivity contribution in [2.24, 2.45) is 5.41 Å². The summed E-state index contributed by atoms with van der Waals surface area (Å²) in [6.07, 6.45) is 45.0. The van der Waals surface area contributed by atoms with E-state index >= 15 is 0 Å². The van der Waals surface area contributed by atoms with Gasteiger partial charge in [-0.25, -0.2) is 0 Å². The van der Waals surface area contributed by atoms with Gasteiger partial charge in [-0.15, -0.1) is 0 Å². The summed E-state index contributed by atoms with van der Waals surface area (Å²) < 4.78 is 0. The van der Waals surface area contributed by atoms with Gasteiger partial charge in [0, 0.05) is 0 Å². The zero-order valence-corrected chi connectivity index (χ0v) is 29.4. The maximum Gasteiger partial charge on any atom is 0.318 e. The first kappa shape index (κ1) is 42.4. The molecule has 0 unspecified atom stereocenters. The minimum absolute atomic E-state index is 0.410. The van der Waals surface area contributed by atoms with Gasteiger partial charge in [0.05, 0.1) is 6.42 Å². The van der Waals surface area contributed by atoms with Gasteiger partial charge in [0.25, 0.3) is 0 Å². The topological polar surface area (TPSA) is 74.6 Å². The van der Waals surface area contributed by atoms with E-state index in [0.717, 1.165) is 38.5 Å². The smallest absolute Gasteiger partial charge is 0.318 e. The number of hydrogen-bond donors (Lipinski definition) is 2. The largest absolute Gasteiger partial charge is 0.481 e. The van der Waals surface area contributed by atoms with E-state index in [1.165, 1.54) is 154 Å². The molecule has 2 N–H and O–H groups in total. The van der Waals surface area contributed by atoms with Crippen LogP contribution in [-0.4, -0.2) is 22.2 Å². The Hall–Kier alpha value is -1.58. The maximum atomic E-state index is 12.2. The first-order valence-corrected chi connectivity index (χ1v) is 19.3. The van der Waals surface area contributed by atoms with E-state index in [0.29, 0.717) is 0 Å². The Bertz CT molecular complexity index is 653. The van der Waals surface area contributed by atoms with Crippen molar-refractivity contribution in [3.8, 4) is 0 Å². The summed E-state index contributed by atoms with van der Waals surface area (Å²) in [7, 11) is 0. The van der Waals surface area contributed by atoms with E-state index in [9.17, 15) is 19.8 Å². The predicted molar refractivity (Wildman–Crippen MR) is 190 cm³/mol. The molecule has 44 heavy (non-hydrogen) atoms. The van der Waals surface area contributed by atoms with Crippen LogP contribution in [0.3, 0.4) is 0 Å². The average Bonchev–Trinajstić information content (AvgIpc) is 3.00. The van der Waals surface area contributed by atoms with Crippen molar-refractivity contribution >= 4 is 11.9 Å². The summed E-state index contributed by atoms with van der Waals surface area (Å²) in [5.41, 5.74) is -1.45. The summed E-state index contributed by atoms with van der Waals surface area (Å²) in [5, 5.41) is 19.4. The first-order chi connectivity index (χ1) is 21.5. The summed E-state index contributed by atoms with van der Waals surface area (Å²) in [6, 6.07) is 0. The Morgan fingerprint density at radius 1 is 0.432 bits per heavy atom. The molecule has 0 rings (SSSR count). The molecule has 0 atom stereocenters. The lowest BCUT2D eigenvalue weighted by molar-refractivity contribution is -0.150. The first-order valence-electron chi connectivity index (χ1n) is 19.3. The molecule has 0 aromatic heterocycles. The number of allylic oxidation sites excluding steroid dienone is 2. The molecule has 0 aliphatic heterocycles. The molecule has 4 heteroatoms. The van der Waals surface area contributed by atoms with Crippen LogP contribution in [0.4, 0.5) is 0 Å². The lowest BCUT2D eigenvalue weighted by Gasteiger charge is -2.20. The molecule has 0 aromatic carbocycles. The van der Waals surface area contributed by atoms with Gasteiger partial charge in [0.1, 0.15) is 5.41 Å². The zero-order chi connectivity index (χ0) is 32.4. The van der Waals surface area contributed by atoms with Crippen molar-refractivity contribution in [2.45, 2.75) is 213 Å². The summed E-state index contributed by atoms with van der Waals surface area (Å²) in [5.74, 6) is -2.15. The molecule has 0 saturated carbocycles. The molecule has 0 spiro atoms. The number of carbonyl (C=O) groups is 2. The normalized spacial score (nSPS) is 12.1.